The van der Waals surface area contributed by atoms with Crippen molar-refractivity contribution in [1.82, 2.24) is 19.9 Å². The van der Waals surface area contributed by atoms with E-state index in [1.54, 1.807) is 16.8 Å². The highest BCUT2D eigenvalue weighted by Crippen LogP contribution is 2.31. The van der Waals surface area contributed by atoms with Crippen molar-refractivity contribution < 1.29 is 19.1 Å². The predicted molar refractivity (Wildman–Crippen MR) is 125 cm³/mol. The Kier molecular flexibility index (Phi) is 5.05. The van der Waals surface area contributed by atoms with Gasteiger partial charge in [0.25, 0.3) is 5.91 Å². The molecule has 1 saturated carbocycles. The van der Waals surface area contributed by atoms with E-state index in [1.807, 2.05) is 24.3 Å². The average Bonchev–Trinajstić information content (AvgIpc) is 3.53. The van der Waals surface area contributed by atoms with E-state index in [4.69, 9.17) is 14.5 Å². The van der Waals surface area contributed by atoms with E-state index < -0.39 is 0 Å². The molecule has 1 aliphatic carbocycles. The van der Waals surface area contributed by atoms with Gasteiger partial charge in [0.2, 0.25) is 5.91 Å². The third kappa shape index (κ3) is 4.14. The topological polar surface area (TPSA) is 119 Å². The van der Waals surface area contributed by atoms with E-state index in [-0.39, 0.29) is 18.2 Å². The van der Waals surface area contributed by atoms with Crippen LogP contribution in [0.5, 0.6) is 11.5 Å². The molecule has 0 unspecified atom stereocenters. The van der Waals surface area contributed by atoms with Gasteiger partial charge >= 0.3 is 0 Å². The first-order valence-electron chi connectivity index (χ1n) is 11.4. The van der Waals surface area contributed by atoms with Crippen LogP contribution in [-0.4, -0.2) is 45.7 Å². The Balaban J connectivity index is 1.30. The van der Waals surface area contributed by atoms with Gasteiger partial charge in [0.1, 0.15) is 11.6 Å². The number of nitrogens with zero attached hydrogens (tertiary/aromatic N) is 3. The Morgan fingerprint density at radius 2 is 2.00 bits per heavy atom. The second-order valence-corrected chi connectivity index (χ2v) is 8.69. The lowest BCUT2D eigenvalue weighted by atomic mass is 10.1. The normalized spacial score (nSPS) is 18.8. The molecule has 0 atom stereocenters. The summed E-state index contributed by atoms with van der Waals surface area (Å²) in [6, 6.07) is 8.28. The summed E-state index contributed by atoms with van der Waals surface area (Å²) < 4.78 is 13.2. The predicted octanol–water partition coefficient (Wildman–Crippen LogP) is 2.51. The van der Waals surface area contributed by atoms with Gasteiger partial charge in [-0.3, -0.25) is 14.9 Å². The Bertz CT molecular complexity index is 1330. The van der Waals surface area contributed by atoms with Crippen molar-refractivity contribution in [2.75, 3.05) is 23.8 Å². The van der Waals surface area contributed by atoms with Crippen molar-refractivity contribution in [1.29, 1.82) is 0 Å². The van der Waals surface area contributed by atoms with Crippen LogP contribution in [0.25, 0.3) is 11.7 Å². The summed E-state index contributed by atoms with van der Waals surface area (Å²) in [6.07, 6.45) is 6.50. The molecule has 0 bridgehead atoms. The van der Waals surface area contributed by atoms with Gasteiger partial charge in [-0.25, -0.2) is 4.98 Å². The molecule has 3 aromatic rings. The number of nitrogens with one attached hydrogen (secondary N) is 3. The summed E-state index contributed by atoms with van der Waals surface area (Å²) in [6.45, 7) is 1.84. The van der Waals surface area contributed by atoms with Crippen LogP contribution in [0.15, 0.2) is 36.0 Å². The van der Waals surface area contributed by atoms with Crippen LogP contribution >= 0.6 is 0 Å². The fourth-order valence-electron chi connectivity index (χ4n) is 4.03. The van der Waals surface area contributed by atoms with Crippen molar-refractivity contribution >= 4 is 35.2 Å². The van der Waals surface area contributed by atoms with Gasteiger partial charge in [-0.1, -0.05) is 6.07 Å². The van der Waals surface area contributed by atoms with E-state index >= 15 is 0 Å². The molecule has 2 aromatic heterocycles. The third-order valence-electron chi connectivity index (χ3n) is 5.94. The fraction of sp³-hybridized carbons (Fsp3) is 0.333. The monoisotopic (exact) mass is 460 g/mol. The largest absolute Gasteiger partial charge is 0.490 e. The minimum atomic E-state index is -0.371. The minimum absolute atomic E-state index is 0.0609. The molecule has 1 saturated heterocycles. The van der Waals surface area contributed by atoms with E-state index in [9.17, 15) is 9.59 Å². The quantitative estimate of drug-likeness (QED) is 0.379. The number of ether oxygens (including phenoxy) is 2. The smallest absolute Gasteiger partial charge is 0.254 e. The summed E-state index contributed by atoms with van der Waals surface area (Å²) in [5, 5.41) is 13.7. The van der Waals surface area contributed by atoms with Gasteiger partial charge in [-0.05, 0) is 36.6 Å². The first-order valence-corrected chi connectivity index (χ1v) is 11.4. The van der Waals surface area contributed by atoms with Crippen LogP contribution in [0.1, 0.15) is 36.8 Å². The molecule has 2 aliphatic heterocycles. The average molecular weight is 460 g/mol. The SMILES string of the molecule is O=C1C/C(=C\c2cnn3c(NC4CC4)cc(NCc4ccc5c(c4)OCCCO5)nc23)C(=O)N1. The maximum Gasteiger partial charge on any atom is 0.254 e. The van der Waals surface area contributed by atoms with Gasteiger partial charge in [-0.2, -0.15) is 9.61 Å². The molecule has 10 nitrogen and oxygen atoms in total. The van der Waals surface area contributed by atoms with Gasteiger partial charge in [0.15, 0.2) is 17.1 Å². The van der Waals surface area contributed by atoms with E-state index in [1.165, 1.54) is 0 Å². The number of fused-ring (bicyclic) bond motifs is 2. The number of carbonyl (C=O) groups is 2. The fourth-order valence-corrected chi connectivity index (χ4v) is 4.03. The third-order valence-corrected chi connectivity index (χ3v) is 5.94. The molecule has 3 N–H and O–H groups in total. The molecule has 0 spiro atoms. The molecule has 0 radical (unpaired) electrons. The van der Waals surface area contributed by atoms with Crippen LogP contribution in [0.3, 0.4) is 0 Å². The van der Waals surface area contributed by atoms with Crippen LogP contribution in [-0.2, 0) is 16.1 Å². The van der Waals surface area contributed by atoms with Crippen molar-refractivity contribution in [3.05, 3.63) is 47.2 Å². The zero-order valence-electron chi connectivity index (χ0n) is 18.5. The molecule has 174 valence electrons. The molecule has 1 aromatic carbocycles. The number of aromatic nitrogens is 3. The standard InChI is InChI=1S/C24H24N6O4/c31-22-10-15(24(32)29-22)9-16-13-26-30-21(27-17-3-4-17)11-20(28-23(16)30)25-12-14-2-5-18-19(8-14)34-7-1-6-33-18/h2,5,8-9,11,13,17,27H,1,3-4,6-7,10,12H2,(H,25,28)(H,29,31,32)/b15-9+. The summed E-state index contributed by atoms with van der Waals surface area (Å²) in [5.74, 6) is 2.35. The van der Waals surface area contributed by atoms with E-state index in [0.717, 1.165) is 42.1 Å². The van der Waals surface area contributed by atoms with Gasteiger partial charge in [-0.15, -0.1) is 0 Å². The van der Waals surface area contributed by atoms with Crippen molar-refractivity contribution in [2.24, 2.45) is 0 Å². The zero-order valence-corrected chi connectivity index (χ0v) is 18.5. The number of amides is 2. The van der Waals surface area contributed by atoms with Crippen LogP contribution in [0.2, 0.25) is 0 Å². The summed E-state index contributed by atoms with van der Waals surface area (Å²) >= 11 is 0. The molecule has 2 amide bonds. The maximum absolute atomic E-state index is 12.0. The lowest BCUT2D eigenvalue weighted by Gasteiger charge is -2.13. The van der Waals surface area contributed by atoms with Crippen LogP contribution in [0.4, 0.5) is 11.6 Å². The van der Waals surface area contributed by atoms with Gasteiger partial charge in [0.05, 0.1) is 25.8 Å². The first-order chi connectivity index (χ1) is 16.6. The molecule has 6 rings (SSSR count). The molecular weight excluding hydrogens is 436 g/mol. The molecule has 4 heterocycles. The highest BCUT2D eigenvalue weighted by atomic mass is 16.5. The molecule has 2 fully saturated rings. The Labute approximate surface area is 195 Å². The summed E-state index contributed by atoms with van der Waals surface area (Å²) in [4.78, 5) is 28.4. The number of imide groups is 1. The van der Waals surface area contributed by atoms with Crippen LogP contribution in [0, 0.1) is 0 Å². The lowest BCUT2D eigenvalue weighted by molar-refractivity contribution is -0.124. The van der Waals surface area contributed by atoms with E-state index in [2.05, 4.69) is 21.0 Å². The van der Waals surface area contributed by atoms with Crippen molar-refractivity contribution in [3.8, 4) is 11.5 Å². The maximum atomic E-state index is 12.0. The molecule has 10 heteroatoms. The highest BCUT2D eigenvalue weighted by molar-refractivity contribution is 6.15. The number of anilines is 2. The molecule has 3 aliphatic rings. The number of rotatable bonds is 6. The molecule has 34 heavy (non-hydrogen) atoms. The Morgan fingerprint density at radius 3 is 2.79 bits per heavy atom. The van der Waals surface area contributed by atoms with E-state index in [0.29, 0.717) is 48.4 Å². The first kappa shape index (κ1) is 20.5. The lowest BCUT2D eigenvalue weighted by Crippen LogP contribution is -2.19. The van der Waals surface area contributed by atoms with Gasteiger partial charge in [0, 0.05) is 36.2 Å². The highest BCUT2D eigenvalue weighted by Gasteiger charge is 2.25. The zero-order chi connectivity index (χ0) is 23.1. The van der Waals surface area contributed by atoms with Gasteiger partial charge < -0.3 is 20.1 Å². The van der Waals surface area contributed by atoms with Crippen LogP contribution < -0.4 is 25.4 Å². The number of hydrogen-bond donors (Lipinski definition) is 3. The Morgan fingerprint density at radius 1 is 1.15 bits per heavy atom. The number of benzene rings is 1. The minimum Gasteiger partial charge on any atom is -0.490 e. The van der Waals surface area contributed by atoms with Crippen molar-refractivity contribution in [3.63, 3.8) is 0 Å². The molecular formula is C24H24N6O4. The number of carbonyl (C=O) groups excluding carboxylic acids is 2. The summed E-state index contributed by atoms with van der Waals surface area (Å²) in [7, 11) is 0. The summed E-state index contributed by atoms with van der Waals surface area (Å²) in [5.41, 5.74) is 2.73. The Hall–Kier alpha value is -4.08. The second-order valence-electron chi connectivity index (χ2n) is 8.69. The van der Waals surface area contributed by atoms with Crippen molar-refractivity contribution in [2.45, 2.75) is 38.3 Å². The number of hydrogen-bond acceptors (Lipinski definition) is 8. The second kappa shape index (κ2) is 8.36.